The number of hydrogen-bond donors (Lipinski definition) is 2. The highest BCUT2D eigenvalue weighted by atomic mass is 32.2. The molecular formula is C21H23FN4O2S. The molecule has 3 amide bonds. The van der Waals surface area contributed by atoms with E-state index in [9.17, 15) is 14.0 Å². The molecule has 2 aliphatic heterocycles. The molecule has 2 heterocycles. The number of imide groups is 1. The summed E-state index contributed by atoms with van der Waals surface area (Å²) in [5, 5.41) is 6.53. The third kappa shape index (κ3) is 3.88. The average Bonchev–Trinajstić information content (AvgIpc) is 2.74. The van der Waals surface area contributed by atoms with Crippen molar-refractivity contribution in [3.05, 3.63) is 71.5 Å². The maximum atomic E-state index is 13.8. The molecule has 6 nitrogen and oxygen atoms in total. The summed E-state index contributed by atoms with van der Waals surface area (Å²) in [5.41, 5.74) is 1.87. The van der Waals surface area contributed by atoms with Gasteiger partial charge in [-0.15, -0.1) is 11.8 Å². The van der Waals surface area contributed by atoms with Crippen molar-refractivity contribution in [1.82, 2.24) is 20.4 Å². The Bertz CT molecular complexity index is 913. The predicted octanol–water partition coefficient (Wildman–Crippen LogP) is 2.74. The van der Waals surface area contributed by atoms with Crippen LogP contribution in [0.5, 0.6) is 0 Å². The van der Waals surface area contributed by atoms with Crippen LogP contribution in [0.4, 0.5) is 9.18 Å². The maximum Gasteiger partial charge on any atom is 0.327 e. The van der Waals surface area contributed by atoms with Crippen LogP contribution in [-0.4, -0.2) is 47.4 Å². The van der Waals surface area contributed by atoms with Gasteiger partial charge in [-0.3, -0.25) is 20.3 Å². The van der Waals surface area contributed by atoms with Crippen molar-refractivity contribution in [1.29, 1.82) is 0 Å². The molecule has 0 aliphatic carbocycles. The maximum absolute atomic E-state index is 13.8. The Morgan fingerprint density at radius 2 is 1.79 bits per heavy atom. The first kappa shape index (κ1) is 19.9. The van der Waals surface area contributed by atoms with Crippen LogP contribution in [0.25, 0.3) is 0 Å². The molecule has 4 rings (SSSR count). The number of fused-ring (bicyclic) bond motifs is 1. The van der Waals surface area contributed by atoms with E-state index in [0.717, 1.165) is 11.1 Å². The lowest BCUT2D eigenvalue weighted by Crippen LogP contribution is -2.72. The van der Waals surface area contributed by atoms with E-state index in [2.05, 4.69) is 10.6 Å². The second-order valence-corrected chi connectivity index (χ2v) is 8.43. The monoisotopic (exact) mass is 414 g/mol. The van der Waals surface area contributed by atoms with E-state index in [1.54, 1.807) is 29.8 Å². The van der Waals surface area contributed by atoms with E-state index in [-0.39, 0.29) is 29.3 Å². The van der Waals surface area contributed by atoms with Gasteiger partial charge in [-0.1, -0.05) is 42.5 Å². The van der Waals surface area contributed by atoms with Crippen LogP contribution in [-0.2, 0) is 10.5 Å². The standard InChI is InChI=1S/C21H23FN4O2S/c1-25-18-16(20(27)26(2)21(25)28)19(29-12-13-7-4-3-5-8-13)24-17(23-18)14-9-6-10-15(22)11-14/h3-11,16-19,23-24H,12H2,1-2H3. The van der Waals surface area contributed by atoms with Gasteiger partial charge in [-0.2, -0.15) is 0 Å². The van der Waals surface area contributed by atoms with Crippen LogP contribution in [0, 0.1) is 11.7 Å². The molecule has 2 N–H and O–H groups in total. The molecule has 0 saturated carbocycles. The quantitative estimate of drug-likeness (QED) is 0.806. The fourth-order valence-electron chi connectivity index (χ4n) is 3.84. The number of thioether (sulfide) groups is 1. The number of carbonyl (C=O) groups is 2. The SMILES string of the molecule is CN1C(=O)C2C(SCc3ccccc3)NC(c3cccc(F)c3)NC2N(C)C1=O. The van der Waals surface area contributed by atoms with E-state index in [0.29, 0.717) is 5.75 Å². The van der Waals surface area contributed by atoms with Crippen LogP contribution < -0.4 is 10.6 Å². The average molecular weight is 415 g/mol. The first-order valence-corrected chi connectivity index (χ1v) is 10.5. The normalized spacial score (nSPS) is 27.1. The largest absolute Gasteiger partial charge is 0.327 e. The number of halogens is 1. The summed E-state index contributed by atoms with van der Waals surface area (Å²) < 4.78 is 13.8. The van der Waals surface area contributed by atoms with Gasteiger partial charge in [0, 0.05) is 19.8 Å². The minimum absolute atomic E-state index is 0.221. The van der Waals surface area contributed by atoms with Crippen molar-refractivity contribution in [3.8, 4) is 0 Å². The van der Waals surface area contributed by atoms with Gasteiger partial charge in [0.2, 0.25) is 5.91 Å². The predicted molar refractivity (Wildman–Crippen MR) is 110 cm³/mol. The van der Waals surface area contributed by atoms with E-state index >= 15 is 0 Å². The second kappa shape index (κ2) is 8.14. The lowest BCUT2D eigenvalue weighted by atomic mass is 9.96. The van der Waals surface area contributed by atoms with Crippen molar-refractivity contribution in [2.45, 2.75) is 23.5 Å². The summed E-state index contributed by atoms with van der Waals surface area (Å²) in [6.07, 6.45) is -0.860. The summed E-state index contributed by atoms with van der Waals surface area (Å²) >= 11 is 1.62. The molecular weight excluding hydrogens is 391 g/mol. The highest BCUT2D eigenvalue weighted by Gasteiger charge is 2.50. The van der Waals surface area contributed by atoms with Gasteiger partial charge in [-0.25, -0.2) is 9.18 Å². The Kier molecular flexibility index (Phi) is 5.58. The smallest absolute Gasteiger partial charge is 0.311 e. The van der Waals surface area contributed by atoms with E-state index in [1.165, 1.54) is 24.1 Å². The zero-order valence-corrected chi connectivity index (χ0v) is 17.0. The number of amides is 3. The lowest BCUT2D eigenvalue weighted by Gasteiger charge is -2.50. The van der Waals surface area contributed by atoms with Gasteiger partial charge in [0.1, 0.15) is 5.82 Å². The molecule has 2 aliphatic rings. The lowest BCUT2D eigenvalue weighted by molar-refractivity contribution is -0.140. The fraction of sp³-hybridized carbons (Fsp3) is 0.333. The van der Waals surface area contributed by atoms with E-state index < -0.39 is 12.1 Å². The summed E-state index contributed by atoms with van der Waals surface area (Å²) in [5.74, 6) is -0.292. The first-order chi connectivity index (χ1) is 14.0. The Labute approximate surface area is 173 Å². The molecule has 2 saturated heterocycles. The number of carbonyl (C=O) groups excluding carboxylic acids is 2. The summed E-state index contributed by atoms with van der Waals surface area (Å²) in [6.45, 7) is 0. The van der Waals surface area contributed by atoms with Gasteiger partial charge in [0.15, 0.2) is 0 Å². The van der Waals surface area contributed by atoms with Crippen LogP contribution in [0.15, 0.2) is 54.6 Å². The van der Waals surface area contributed by atoms with Gasteiger partial charge < -0.3 is 4.90 Å². The van der Waals surface area contributed by atoms with Crippen molar-refractivity contribution in [3.63, 3.8) is 0 Å². The molecule has 0 bridgehead atoms. The molecule has 0 radical (unpaired) electrons. The number of urea groups is 1. The first-order valence-electron chi connectivity index (χ1n) is 9.43. The third-order valence-electron chi connectivity index (χ3n) is 5.41. The Morgan fingerprint density at radius 1 is 1.03 bits per heavy atom. The topological polar surface area (TPSA) is 64.7 Å². The van der Waals surface area contributed by atoms with E-state index in [4.69, 9.17) is 0 Å². The molecule has 152 valence electrons. The zero-order chi connectivity index (χ0) is 20.5. The summed E-state index contributed by atoms with van der Waals surface area (Å²) in [7, 11) is 3.19. The Hall–Kier alpha value is -2.42. The minimum atomic E-state index is -0.478. The van der Waals surface area contributed by atoms with Crippen molar-refractivity contribution >= 4 is 23.7 Å². The van der Waals surface area contributed by atoms with Gasteiger partial charge in [-0.05, 0) is 23.3 Å². The minimum Gasteiger partial charge on any atom is -0.311 e. The molecule has 4 atom stereocenters. The van der Waals surface area contributed by atoms with Crippen LogP contribution in [0.2, 0.25) is 0 Å². The van der Waals surface area contributed by atoms with Crippen molar-refractivity contribution in [2.75, 3.05) is 14.1 Å². The fourth-order valence-corrected chi connectivity index (χ4v) is 5.11. The van der Waals surface area contributed by atoms with Gasteiger partial charge in [0.05, 0.1) is 23.6 Å². The number of nitrogens with one attached hydrogen (secondary N) is 2. The highest BCUT2D eigenvalue weighted by Crippen LogP contribution is 2.35. The molecule has 8 heteroatoms. The van der Waals surface area contributed by atoms with Crippen LogP contribution in [0.1, 0.15) is 17.3 Å². The van der Waals surface area contributed by atoms with Crippen molar-refractivity contribution in [2.24, 2.45) is 5.92 Å². The number of benzene rings is 2. The summed E-state index contributed by atoms with van der Waals surface area (Å²) in [6, 6.07) is 16.0. The number of hydrogen-bond acceptors (Lipinski definition) is 5. The highest BCUT2D eigenvalue weighted by molar-refractivity contribution is 7.99. The van der Waals surface area contributed by atoms with Crippen LogP contribution >= 0.6 is 11.8 Å². The molecule has 0 spiro atoms. The molecule has 2 fully saturated rings. The van der Waals surface area contributed by atoms with Crippen LogP contribution in [0.3, 0.4) is 0 Å². The number of nitrogens with zero attached hydrogens (tertiary/aromatic N) is 2. The molecule has 0 aromatic heterocycles. The third-order valence-corrected chi connectivity index (χ3v) is 6.70. The van der Waals surface area contributed by atoms with Crippen molar-refractivity contribution < 1.29 is 14.0 Å². The molecule has 2 aromatic carbocycles. The zero-order valence-electron chi connectivity index (χ0n) is 16.2. The number of rotatable bonds is 4. The van der Waals surface area contributed by atoms with Gasteiger partial charge >= 0.3 is 6.03 Å². The second-order valence-electron chi connectivity index (χ2n) is 7.30. The van der Waals surface area contributed by atoms with E-state index in [1.807, 2.05) is 36.4 Å². The molecule has 4 unspecified atom stereocenters. The van der Waals surface area contributed by atoms with Gasteiger partial charge in [0.25, 0.3) is 0 Å². The molecule has 29 heavy (non-hydrogen) atoms. The Morgan fingerprint density at radius 3 is 2.52 bits per heavy atom. The Balaban J connectivity index is 1.63. The summed E-state index contributed by atoms with van der Waals surface area (Å²) in [4.78, 5) is 28.2. The molecule has 2 aromatic rings.